The summed E-state index contributed by atoms with van der Waals surface area (Å²) in [6.07, 6.45) is 3.42. The average molecular weight is 311 g/mol. The number of hydrogen-bond acceptors (Lipinski definition) is 5. The van der Waals surface area contributed by atoms with E-state index in [9.17, 15) is 14.7 Å². The van der Waals surface area contributed by atoms with Gasteiger partial charge in [0, 0.05) is 6.04 Å². The fourth-order valence-corrected chi connectivity index (χ4v) is 3.52. The summed E-state index contributed by atoms with van der Waals surface area (Å²) in [5, 5.41) is 14.9. The highest BCUT2D eigenvalue weighted by Gasteiger charge is 2.27. The molecule has 116 valence electrons. The summed E-state index contributed by atoms with van der Waals surface area (Å²) in [6.45, 7) is 0.178. The number of aliphatic hydroxyl groups excluding tert-OH is 1. The quantitative estimate of drug-likeness (QED) is 0.756. The molecule has 0 aliphatic heterocycles. The van der Waals surface area contributed by atoms with Crippen molar-refractivity contribution >= 4 is 28.2 Å². The van der Waals surface area contributed by atoms with Gasteiger partial charge in [0.05, 0.1) is 18.2 Å². The van der Waals surface area contributed by atoms with Gasteiger partial charge in [0.25, 0.3) is 5.91 Å². The van der Waals surface area contributed by atoms with E-state index in [1.807, 2.05) is 11.9 Å². The maximum absolute atomic E-state index is 12.1. The minimum Gasteiger partial charge on any atom is -0.391 e. The lowest BCUT2D eigenvalue weighted by atomic mass is 9.91. The second-order valence-electron chi connectivity index (χ2n) is 5.41. The smallest absolute Gasteiger partial charge is 0.251 e. The summed E-state index contributed by atoms with van der Waals surface area (Å²) in [5.74, 6) is -0.761. The lowest BCUT2D eigenvalue weighted by Crippen LogP contribution is -2.46. The Hall–Kier alpha value is -1.44. The molecule has 1 fully saturated rings. The molecule has 1 heterocycles. The van der Waals surface area contributed by atoms with Crippen molar-refractivity contribution in [3.05, 3.63) is 17.0 Å². The number of nitrogens with two attached hydrogens (primary N) is 1. The van der Waals surface area contributed by atoms with E-state index >= 15 is 0 Å². The van der Waals surface area contributed by atoms with Crippen LogP contribution in [0.3, 0.4) is 0 Å². The zero-order valence-corrected chi connectivity index (χ0v) is 12.9. The third kappa shape index (κ3) is 4.03. The van der Waals surface area contributed by atoms with E-state index in [0.717, 1.165) is 25.7 Å². The van der Waals surface area contributed by atoms with Crippen molar-refractivity contribution < 1.29 is 14.7 Å². The zero-order valence-electron chi connectivity index (χ0n) is 12.0. The highest BCUT2D eigenvalue weighted by atomic mass is 32.1. The van der Waals surface area contributed by atoms with E-state index in [2.05, 4.69) is 5.32 Å². The first-order valence-electron chi connectivity index (χ1n) is 7.04. The molecular weight excluding hydrogens is 290 g/mol. The predicted octanol–water partition coefficient (Wildman–Crippen LogP) is 1.02. The van der Waals surface area contributed by atoms with E-state index in [-0.39, 0.29) is 24.6 Å². The first kappa shape index (κ1) is 15.9. The minimum atomic E-state index is -0.553. The number of anilines is 1. The number of nitrogens with zero attached hydrogens (tertiary/aromatic N) is 1. The Balaban J connectivity index is 1.92. The van der Waals surface area contributed by atoms with Crippen LogP contribution >= 0.6 is 11.3 Å². The van der Waals surface area contributed by atoms with Crippen LogP contribution in [0.2, 0.25) is 0 Å². The second-order valence-corrected chi connectivity index (χ2v) is 6.33. The van der Waals surface area contributed by atoms with Crippen LogP contribution < -0.4 is 11.1 Å². The molecule has 7 heteroatoms. The van der Waals surface area contributed by atoms with Crippen LogP contribution in [0.15, 0.2) is 11.4 Å². The van der Waals surface area contributed by atoms with Gasteiger partial charge in [0.15, 0.2) is 0 Å². The van der Waals surface area contributed by atoms with Gasteiger partial charge in [-0.05, 0) is 31.3 Å². The molecule has 0 aromatic carbocycles. The third-order valence-electron chi connectivity index (χ3n) is 3.84. The van der Waals surface area contributed by atoms with Gasteiger partial charge < -0.3 is 16.2 Å². The Morgan fingerprint density at radius 2 is 2.19 bits per heavy atom. The third-order valence-corrected chi connectivity index (χ3v) is 4.67. The summed E-state index contributed by atoms with van der Waals surface area (Å²) in [7, 11) is 1.84. The molecule has 2 rings (SSSR count). The first-order chi connectivity index (χ1) is 9.99. The number of amides is 2. The Labute approximate surface area is 127 Å². The molecule has 0 radical (unpaired) electrons. The summed E-state index contributed by atoms with van der Waals surface area (Å²) in [4.78, 5) is 25.1. The van der Waals surface area contributed by atoms with Gasteiger partial charge in [-0.3, -0.25) is 14.5 Å². The SMILES string of the molecule is CN(CC(=O)Nc1sccc1C(N)=O)C1CCCCC1O. The fraction of sp³-hybridized carbons (Fsp3) is 0.571. The fourth-order valence-electron chi connectivity index (χ4n) is 2.72. The first-order valence-corrected chi connectivity index (χ1v) is 7.92. The molecule has 2 atom stereocenters. The molecule has 1 aromatic heterocycles. The second kappa shape index (κ2) is 7.02. The van der Waals surface area contributed by atoms with Gasteiger partial charge in [0.2, 0.25) is 5.91 Å². The van der Waals surface area contributed by atoms with Crippen molar-refractivity contribution in [1.29, 1.82) is 0 Å². The Kier molecular flexibility index (Phi) is 5.33. The molecule has 1 aromatic rings. The summed E-state index contributed by atoms with van der Waals surface area (Å²) in [6, 6.07) is 1.61. The Morgan fingerprint density at radius 3 is 2.86 bits per heavy atom. The van der Waals surface area contributed by atoms with E-state index in [4.69, 9.17) is 5.73 Å². The topological polar surface area (TPSA) is 95.7 Å². The van der Waals surface area contributed by atoms with Crippen molar-refractivity contribution in [1.82, 2.24) is 4.90 Å². The summed E-state index contributed by atoms with van der Waals surface area (Å²) < 4.78 is 0. The molecule has 0 bridgehead atoms. The number of thiophene rings is 1. The van der Waals surface area contributed by atoms with E-state index in [1.54, 1.807) is 11.4 Å². The van der Waals surface area contributed by atoms with Crippen molar-refractivity contribution in [3.63, 3.8) is 0 Å². The van der Waals surface area contributed by atoms with Gasteiger partial charge >= 0.3 is 0 Å². The Morgan fingerprint density at radius 1 is 1.48 bits per heavy atom. The number of aliphatic hydroxyl groups is 1. The standard InChI is InChI=1S/C14H21N3O3S/c1-17(10-4-2-3-5-11(10)18)8-12(19)16-14-9(13(15)20)6-7-21-14/h6-7,10-11,18H,2-5,8H2,1H3,(H2,15,20)(H,16,19). The molecule has 1 saturated carbocycles. The summed E-state index contributed by atoms with van der Waals surface area (Å²) >= 11 is 1.27. The average Bonchev–Trinajstić information content (AvgIpc) is 2.87. The largest absolute Gasteiger partial charge is 0.391 e. The minimum absolute atomic E-state index is 0.0171. The molecule has 6 nitrogen and oxygen atoms in total. The number of nitrogens with one attached hydrogen (secondary N) is 1. The maximum Gasteiger partial charge on any atom is 0.251 e. The van der Waals surface area contributed by atoms with Crippen LogP contribution in [0.1, 0.15) is 36.0 Å². The van der Waals surface area contributed by atoms with Crippen molar-refractivity contribution in [3.8, 4) is 0 Å². The number of likely N-dealkylation sites (N-methyl/N-ethyl adjacent to an activating group) is 1. The van der Waals surface area contributed by atoms with Crippen LogP contribution in [0.4, 0.5) is 5.00 Å². The molecule has 0 spiro atoms. The van der Waals surface area contributed by atoms with Crippen molar-refractivity contribution in [2.24, 2.45) is 5.73 Å². The van der Waals surface area contributed by atoms with E-state index in [1.165, 1.54) is 11.3 Å². The zero-order chi connectivity index (χ0) is 15.4. The molecule has 2 unspecified atom stereocenters. The molecular formula is C14H21N3O3S. The molecule has 21 heavy (non-hydrogen) atoms. The monoisotopic (exact) mass is 311 g/mol. The van der Waals surface area contributed by atoms with Gasteiger partial charge in [-0.1, -0.05) is 12.8 Å². The number of carbonyl (C=O) groups is 2. The van der Waals surface area contributed by atoms with Crippen LogP contribution in [-0.2, 0) is 4.79 Å². The highest BCUT2D eigenvalue weighted by Crippen LogP contribution is 2.24. The molecule has 0 saturated heterocycles. The number of hydrogen-bond donors (Lipinski definition) is 3. The van der Waals surface area contributed by atoms with Gasteiger partial charge in [-0.2, -0.15) is 0 Å². The molecule has 1 aliphatic carbocycles. The maximum atomic E-state index is 12.1. The summed E-state index contributed by atoms with van der Waals surface area (Å²) in [5.41, 5.74) is 5.57. The lowest BCUT2D eigenvalue weighted by Gasteiger charge is -2.34. The molecule has 1 aliphatic rings. The normalized spacial score (nSPS) is 22.2. The van der Waals surface area contributed by atoms with Crippen LogP contribution in [-0.4, -0.2) is 47.6 Å². The van der Waals surface area contributed by atoms with Gasteiger partial charge in [0.1, 0.15) is 5.00 Å². The van der Waals surface area contributed by atoms with Crippen LogP contribution in [0, 0.1) is 0 Å². The Bertz CT molecular complexity index is 517. The molecule has 4 N–H and O–H groups in total. The van der Waals surface area contributed by atoms with E-state index < -0.39 is 5.91 Å². The number of rotatable bonds is 5. The van der Waals surface area contributed by atoms with Crippen molar-refractivity contribution in [2.45, 2.75) is 37.8 Å². The number of primary amides is 1. The van der Waals surface area contributed by atoms with Gasteiger partial charge in [-0.25, -0.2) is 0 Å². The van der Waals surface area contributed by atoms with Crippen molar-refractivity contribution in [2.75, 3.05) is 18.9 Å². The number of carbonyl (C=O) groups excluding carboxylic acids is 2. The lowest BCUT2D eigenvalue weighted by molar-refractivity contribution is -0.118. The van der Waals surface area contributed by atoms with Gasteiger partial charge in [-0.15, -0.1) is 11.3 Å². The predicted molar refractivity (Wildman–Crippen MR) is 82.4 cm³/mol. The van der Waals surface area contributed by atoms with Crippen LogP contribution in [0.5, 0.6) is 0 Å². The van der Waals surface area contributed by atoms with E-state index in [0.29, 0.717) is 10.6 Å². The van der Waals surface area contributed by atoms with Crippen LogP contribution in [0.25, 0.3) is 0 Å². The molecule has 2 amide bonds. The highest BCUT2D eigenvalue weighted by molar-refractivity contribution is 7.14.